The third-order valence-electron chi connectivity index (χ3n) is 3.93. The molecule has 0 atom stereocenters. The average molecular weight is 262 g/mol. The lowest BCUT2D eigenvalue weighted by Gasteiger charge is -2.40. The summed E-state index contributed by atoms with van der Waals surface area (Å²) in [5.41, 5.74) is -0.637. The Kier molecular flexibility index (Phi) is 3.83. The van der Waals surface area contributed by atoms with Gasteiger partial charge in [-0.1, -0.05) is 19.3 Å². The molecule has 5 heteroatoms. The number of nitrogens with zero attached hydrogens (tertiary/aromatic N) is 2. The summed E-state index contributed by atoms with van der Waals surface area (Å²) < 4.78 is 0. The summed E-state index contributed by atoms with van der Waals surface area (Å²) in [5.74, 6) is -1.19. The molecule has 1 N–H and O–H groups in total. The molecule has 0 radical (unpaired) electrons. The van der Waals surface area contributed by atoms with Gasteiger partial charge in [-0.2, -0.15) is 0 Å². The number of amides is 1. The fraction of sp³-hybridized carbons (Fsp3) is 0.500. The van der Waals surface area contributed by atoms with E-state index < -0.39 is 11.5 Å². The van der Waals surface area contributed by atoms with Crippen molar-refractivity contribution >= 4 is 11.9 Å². The monoisotopic (exact) mass is 262 g/mol. The first-order chi connectivity index (χ1) is 9.08. The number of hydrogen-bond acceptors (Lipinski definition) is 3. The maximum absolute atomic E-state index is 12.4. The number of rotatable bonds is 3. The van der Waals surface area contributed by atoms with Crippen molar-refractivity contribution in [3.05, 3.63) is 30.1 Å². The van der Waals surface area contributed by atoms with Crippen LogP contribution in [0.3, 0.4) is 0 Å². The van der Waals surface area contributed by atoms with E-state index in [0.29, 0.717) is 18.4 Å². The van der Waals surface area contributed by atoms with Crippen LogP contribution in [0.5, 0.6) is 0 Å². The molecule has 1 aromatic heterocycles. The minimum Gasteiger partial charge on any atom is -0.479 e. The largest absolute Gasteiger partial charge is 0.479 e. The van der Waals surface area contributed by atoms with E-state index in [-0.39, 0.29) is 5.91 Å². The molecule has 2 rings (SSSR count). The lowest BCUT2D eigenvalue weighted by molar-refractivity contribution is -0.151. The molecule has 0 bridgehead atoms. The Labute approximate surface area is 112 Å². The smallest absolute Gasteiger partial charge is 0.329 e. The topological polar surface area (TPSA) is 70.5 Å². The molecule has 0 aromatic carbocycles. The first kappa shape index (κ1) is 13.5. The van der Waals surface area contributed by atoms with Gasteiger partial charge in [0, 0.05) is 19.4 Å². The highest BCUT2D eigenvalue weighted by molar-refractivity contribution is 5.97. The Bertz CT molecular complexity index is 467. The number of pyridine rings is 1. The molecule has 1 aromatic rings. The molecular weight excluding hydrogens is 244 g/mol. The van der Waals surface area contributed by atoms with E-state index in [1.807, 2.05) is 0 Å². The van der Waals surface area contributed by atoms with Crippen LogP contribution in [-0.4, -0.2) is 39.5 Å². The maximum Gasteiger partial charge on any atom is 0.329 e. The van der Waals surface area contributed by atoms with Crippen molar-refractivity contribution in [2.24, 2.45) is 0 Å². The van der Waals surface area contributed by atoms with Gasteiger partial charge in [0.15, 0.2) is 0 Å². The number of carboxylic acid groups (broad SMARTS) is 1. The second-order valence-corrected chi connectivity index (χ2v) is 5.00. The Balaban J connectivity index is 2.27. The summed E-state index contributed by atoms with van der Waals surface area (Å²) in [6, 6.07) is 3.33. The number of aliphatic carboxylic acids is 1. The van der Waals surface area contributed by atoms with Crippen molar-refractivity contribution in [2.75, 3.05) is 7.05 Å². The SMILES string of the molecule is CN(C(=O)c1cccnc1)C1(C(=O)O)CCCCC1. The maximum atomic E-state index is 12.4. The molecule has 0 unspecified atom stereocenters. The molecule has 1 heterocycles. The third-order valence-corrected chi connectivity index (χ3v) is 3.93. The number of carbonyl (C=O) groups is 2. The second kappa shape index (κ2) is 5.38. The predicted octanol–water partition coefficient (Wildman–Crippen LogP) is 1.94. The van der Waals surface area contributed by atoms with Gasteiger partial charge in [-0.05, 0) is 25.0 Å². The van der Waals surface area contributed by atoms with Gasteiger partial charge in [-0.25, -0.2) is 4.79 Å². The molecule has 1 amide bonds. The molecule has 19 heavy (non-hydrogen) atoms. The van der Waals surface area contributed by atoms with Crippen molar-refractivity contribution in [1.29, 1.82) is 0 Å². The quantitative estimate of drug-likeness (QED) is 0.903. The molecule has 0 spiro atoms. The molecule has 102 valence electrons. The number of likely N-dealkylation sites (N-methyl/N-ethyl adjacent to an activating group) is 1. The van der Waals surface area contributed by atoms with E-state index in [4.69, 9.17) is 0 Å². The minimum absolute atomic E-state index is 0.280. The molecule has 1 fully saturated rings. The summed E-state index contributed by atoms with van der Waals surface area (Å²) in [7, 11) is 1.58. The van der Waals surface area contributed by atoms with Crippen molar-refractivity contribution in [3.63, 3.8) is 0 Å². The first-order valence-corrected chi connectivity index (χ1v) is 6.49. The molecule has 1 saturated carbocycles. The van der Waals surface area contributed by atoms with Gasteiger partial charge < -0.3 is 10.0 Å². The molecule has 0 aliphatic heterocycles. The van der Waals surface area contributed by atoms with Crippen molar-refractivity contribution in [1.82, 2.24) is 9.88 Å². The van der Waals surface area contributed by atoms with Crippen LogP contribution in [0.25, 0.3) is 0 Å². The molecule has 1 aliphatic rings. The highest BCUT2D eigenvalue weighted by Crippen LogP contribution is 2.34. The van der Waals surface area contributed by atoms with Gasteiger partial charge in [-0.3, -0.25) is 9.78 Å². The first-order valence-electron chi connectivity index (χ1n) is 6.49. The Hall–Kier alpha value is -1.91. The summed E-state index contributed by atoms with van der Waals surface area (Å²) in [6.07, 6.45) is 6.81. The van der Waals surface area contributed by atoms with Crippen LogP contribution < -0.4 is 0 Å². The van der Waals surface area contributed by atoms with E-state index in [1.54, 1.807) is 25.4 Å². The third kappa shape index (κ3) is 2.45. The van der Waals surface area contributed by atoms with E-state index in [9.17, 15) is 14.7 Å². The fourth-order valence-corrected chi connectivity index (χ4v) is 2.71. The highest BCUT2D eigenvalue weighted by Gasteiger charge is 2.45. The predicted molar refractivity (Wildman–Crippen MR) is 69.8 cm³/mol. The van der Waals surface area contributed by atoms with Crippen LogP contribution in [0.4, 0.5) is 0 Å². The zero-order chi connectivity index (χ0) is 13.9. The van der Waals surface area contributed by atoms with E-state index in [1.165, 1.54) is 11.1 Å². The van der Waals surface area contributed by atoms with E-state index in [0.717, 1.165) is 19.3 Å². The lowest BCUT2D eigenvalue weighted by Crippen LogP contribution is -2.56. The summed E-state index contributed by atoms with van der Waals surface area (Å²) >= 11 is 0. The van der Waals surface area contributed by atoms with Gasteiger partial charge >= 0.3 is 5.97 Å². The van der Waals surface area contributed by atoms with E-state index >= 15 is 0 Å². The Morgan fingerprint density at radius 3 is 2.53 bits per heavy atom. The van der Waals surface area contributed by atoms with Gasteiger partial charge in [0.2, 0.25) is 0 Å². The number of aromatic nitrogens is 1. The van der Waals surface area contributed by atoms with Crippen molar-refractivity contribution in [2.45, 2.75) is 37.6 Å². The fourth-order valence-electron chi connectivity index (χ4n) is 2.71. The van der Waals surface area contributed by atoms with Gasteiger partial charge in [0.05, 0.1) is 5.56 Å². The van der Waals surface area contributed by atoms with Crippen LogP contribution in [0.1, 0.15) is 42.5 Å². The Morgan fingerprint density at radius 2 is 2.00 bits per heavy atom. The minimum atomic E-state index is -1.06. The number of hydrogen-bond donors (Lipinski definition) is 1. The Morgan fingerprint density at radius 1 is 1.32 bits per heavy atom. The van der Waals surface area contributed by atoms with Crippen molar-refractivity contribution in [3.8, 4) is 0 Å². The van der Waals surface area contributed by atoms with Crippen molar-refractivity contribution < 1.29 is 14.7 Å². The van der Waals surface area contributed by atoms with Gasteiger partial charge in [0.1, 0.15) is 5.54 Å². The summed E-state index contributed by atoms with van der Waals surface area (Å²) in [6.45, 7) is 0. The van der Waals surface area contributed by atoms with Crippen LogP contribution in [0.15, 0.2) is 24.5 Å². The zero-order valence-electron chi connectivity index (χ0n) is 11.0. The molecule has 5 nitrogen and oxygen atoms in total. The standard InChI is InChI=1S/C14H18N2O3/c1-16(12(17)11-6-5-9-15-10-11)14(13(18)19)7-3-2-4-8-14/h5-6,9-10H,2-4,7-8H2,1H3,(H,18,19). The van der Waals surface area contributed by atoms with E-state index in [2.05, 4.69) is 4.98 Å². The molecule has 0 saturated heterocycles. The molecule has 1 aliphatic carbocycles. The lowest BCUT2D eigenvalue weighted by atomic mass is 9.80. The van der Waals surface area contributed by atoms with Crippen LogP contribution in [0.2, 0.25) is 0 Å². The summed E-state index contributed by atoms with van der Waals surface area (Å²) in [5, 5.41) is 9.55. The zero-order valence-corrected chi connectivity index (χ0v) is 11.0. The number of carbonyl (C=O) groups excluding carboxylic acids is 1. The number of carboxylic acids is 1. The van der Waals surface area contributed by atoms with Gasteiger partial charge in [-0.15, -0.1) is 0 Å². The van der Waals surface area contributed by atoms with Crippen LogP contribution >= 0.6 is 0 Å². The molecular formula is C14H18N2O3. The average Bonchev–Trinajstić information content (AvgIpc) is 2.47. The summed E-state index contributed by atoms with van der Waals surface area (Å²) in [4.78, 5) is 29.3. The normalized spacial score (nSPS) is 17.7. The van der Waals surface area contributed by atoms with Crippen LogP contribution in [-0.2, 0) is 4.79 Å². The highest BCUT2D eigenvalue weighted by atomic mass is 16.4. The van der Waals surface area contributed by atoms with Crippen LogP contribution in [0, 0.1) is 0 Å². The van der Waals surface area contributed by atoms with Gasteiger partial charge in [0.25, 0.3) is 5.91 Å². The second-order valence-electron chi connectivity index (χ2n) is 5.00.